The standard InChI is InChI=1S/C98H122ClFN18O31S/c1-47(2)73(110-88(133)60(101)35-56-36-116(113-111-56)93-80(129)78(127)84(68(41-121)144-93)148-96-82(131)76(125)74(123)66(39-119)146-96)90(135)109-61(13-10-25-104-98(102)138)89(134)108-54-21-18-51(52(33-54)43-140-44-57-37-117(114-112-57)94-81(130)79(128)85(69(42-122)145-94)149-97-83(132)77(126)75(124)67(40-120)147-97)38-118(4)30-27-115(28-31-118)29-32-141-64-23-22-58(48(3)72(64)99)70-71-91(105-46-106-92(71)150-86(70)49-16-19-53(100)20-17-49)143-65(95(136)137)34-50-11-6-8-14-62(50)142-45-55-24-26-103-87(107-55)59-12-7-9-15-63(59)139-5/h6-9,11-12,14-24,26,33,36-37,46-47,60-61,65-69,73-85,93-94,96-97,119-132H,10,13,25,27-32,34-35,38-45,101H2,1-5H3,(H6-,102,104,108,109,110,133,134,135,136,137,138)/p+1/t60-,61-,65+,66+,67-,68+,69-,73-,74-,75+,76-,77+,78+,79-,80+,81-,82+,83-,84+,85-,93+,94-,96-,97+/m0/s1. The summed E-state index contributed by atoms with van der Waals surface area (Å²) in [6.45, 7) is 4.91. The van der Waals surface area contributed by atoms with E-state index in [-0.39, 0.29) is 86.6 Å². The van der Waals surface area contributed by atoms with Crippen molar-refractivity contribution in [1.29, 1.82) is 0 Å². The lowest BCUT2D eigenvalue weighted by atomic mass is 9.96. The van der Waals surface area contributed by atoms with E-state index < -0.39 is 215 Å². The third-order valence-electron chi connectivity index (χ3n) is 26.8. The maximum Gasteiger partial charge on any atom is 0.345 e. The van der Waals surface area contributed by atoms with Gasteiger partial charge in [-0.15, -0.1) is 21.5 Å². The molecule has 5 fully saturated rings. The highest BCUT2D eigenvalue weighted by atomic mass is 35.5. The summed E-state index contributed by atoms with van der Waals surface area (Å²) >= 11 is 8.63. The molecule has 5 amide bonds. The van der Waals surface area contributed by atoms with E-state index in [1.54, 1.807) is 87.8 Å². The number of nitrogens with two attached hydrogens (primary N) is 2. The smallest absolute Gasteiger partial charge is 0.345 e. The molecule has 0 unspecified atom stereocenters. The van der Waals surface area contributed by atoms with Crippen LogP contribution >= 0.6 is 22.9 Å². The summed E-state index contributed by atoms with van der Waals surface area (Å²) in [5.74, 6) is -3.09. The van der Waals surface area contributed by atoms with Crippen molar-refractivity contribution < 1.29 is 162 Å². The number of ether oxygens (including phenoxy) is 11. The van der Waals surface area contributed by atoms with Gasteiger partial charge in [-0.2, -0.15) is 0 Å². The fourth-order valence-corrected chi connectivity index (χ4v) is 19.7. The van der Waals surface area contributed by atoms with Gasteiger partial charge < -0.3 is 166 Å². The lowest BCUT2D eigenvalue weighted by Gasteiger charge is -2.45. The number of likely N-dealkylation sites (N-methyl/N-ethyl adjacent to an activating group) is 1. The molecule has 0 saturated carbocycles. The van der Waals surface area contributed by atoms with Gasteiger partial charge in [0.25, 0.3) is 0 Å². The van der Waals surface area contributed by atoms with Crippen molar-refractivity contribution >= 4 is 68.6 Å². The van der Waals surface area contributed by atoms with Gasteiger partial charge in [-0.05, 0) is 108 Å². The minimum absolute atomic E-state index is 0.00920. The number of nitrogens with zero attached hydrogens (tertiary/aromatic N) is 12. The van der Waals surface area contributed by atoms with Gasteiger partial charge in [0.05, 0.1) is 113 Å². The molecular weight excluding hydrogens is 2010 g/mol. The number of carboxylic acid groups (broad SMARTS) is 1. The lowest BCUT2D eigenvalue weighted by Crippen LogP contribution is -2.63. The van der Waals surface area contributed by atoms with E-state index in [2.05, 4.69) is 68.8 Å². The number of anilines is 1. The normalized spacial score (nSPS) is 25.8. The number of nitrogens with one attached hydrogen (secondary N) is 4. The first kappa shape index (κ1) is 112. The Morgan fingerprint density at radius 3 is 1.87 bits per heavy atom. The highest BCUT2D eigenvalue weighted by Crippen LogP contribution is 2.50. The Labute approximate surface area is 865 Å². The molecule has 10 aromatic rings. The zero-order valence-electron chi connectivity index (χ0n) is 82.0. The molecule has 5 aliphatic rings. The zero-order valence-corrected chi connectivity index (χ0v) is 83.6. The van der Waals surface area contributed by atoms with Crippen LogP contribution in [0.2, 0.25) is 5.02 Å². The van der Waals surface area contributed by atoms with Crippen molar-refractivity contribution in [3.8, 4) is 56.1 Å². The van der Waals surface area contributed by atoms with Gasteiger partial charge in [0.2, 0.25) is 29.7 Å². The van der Waals surface area contributed by atoms with Gasteiger partial charge in [0.15, 0.2) is 30.9 Å². The maximum absolute atomic E-state index is 14.9. The van der Waals surface area contributed by atoms with Crippen molar-refractivity contribution in [3.05, 3.63) is 184 Å². The average Bonchev–Trinajstić information content (AvgIpc) is 1.58. The summed E-state index contributed by atoms with van der Waals surface area (Å²) in [6.07, 6.45) is -30.6. The van der Waals surface area contributed by atoms with E-state index in [1.165, 1.54) is 42.2 Å². The number of quaternary nitrogens is 1. The Kier molecular flexibility index (Phi) is 37.8. The molecule has 5 saturated heterocycles. The predicted molar refractivity (Wildman–Crippen MR) is 524 cm³/mol. The Morgan fingerprint density at radius 2 is 1.25 bits per heavy atom. The molecule has 0 bridgehead atoms. The van der Waals surface area contributed by atoms with Gasteiger partial charge in [0, 0.05) is 66.9 Å². The number of carbonyl (C=O) groups is 5. The van der Waals surface area contributed by atoms with E-state index in [1.807, 2.05) is 43.3 Å². The molecule has 15 rings (SSSR count). The summed E-state index contributed by atoms with van der Waals surface area (Å²) in [7, 11) is 3.65. The van der Waals surface area contributed by atoms with Crippen LogP contribution in [-0.2, 0) is 91.5 Å². The van der Waals surface area contributed by atoms with Crippen LogP contribution in [0.15, 0.2) is 134 Å². The van der Waals surface area contributed by atoms with Gasteiger partial charge in [-0.1, -0.05) is 90.5 Å². The fourth-order valence-electron chi connectivity index (χ4n) is 18.3. The van der Waals surface area contributed by atoms with Crippen LogP contribution in [0.1, 0.15) is 78.5 Å². The van der Waals surface area contributed by atoms with Crippen LogP contribution in [0.4, 0.5) is 14.9 Å². The Morgan fingerprint density at radius 1 is 0.627 bits per heavy atom. The molecule has 5 aromatic carbocycles. The predicted octanol–water partition coefficient (Wildman–Crippen LogP) is -1.34. The number of primary amides is 1. The van der Waals surface area contributed by atoms with Gasteiger partial charge in [-0.3, -0.25) is 19.3 Å². The Bertz CT molecular complexity index is 6250. The molecule has 52 heteroatoms. The summed E-state index contributed by atoms with van der Waals surface area (Å²) in [5, 5.41) is 188. The topological polar surface area (TPSA) is 707 Å². The highest BCUT2D eigenvalue weighted by Gasteiger charge is 2.54. The minimum Gasteiger partial charge on any atom is -0.496 e. The number of methoxy groups -OCH3 is 1. The van der Waals surface area contributed by atoms with E-state index in [9.17, 15) is 105 Å². The summed E-state index contributed by atoms with van der Waals surface area (Å²) in [6, 6.07) is 25.7. The number of para-hydroxylation sites is 2. The van der Waals surface area contributed by atoms with Crippen molar-refractivity contribution in [1.82, 2.24) is 70.8 Å². The summed E-state index contributed by atoms with van der Waals surface area (Å²) in [4.78, 5) is 90.6. The van der Waals surface area contributed by atoms with E-state index in [0.29, 0.717) is 127 Å². The zero-order chi connectivity index (χ0) is 107. The monoisotopic (exact) mass is 2130 g/mol. The van der Waals surface area contributed by atoms with Crippen LogP contribution in [0.3, 0.4) is 0 Å². The number of hydrogen-bond acceptors (Lipinski definition) is 41. The van der Waals surface area contributed by atoms with Gasteiger partial charge >= 0.3 is 12.0 Å². The third-order valence-corrected chi connectivity index (χ3v) is 28.5. The summed E-state index contributed by atoms with van der Waals surface area (Å²) < 4.78 is 82.7. The number of aliphatic carboxylic acids is 1. The number of benzene rings is 5. The van der Waals surface area contributed by atoms with E-state index in [0.717, 1.165) is 14.9 Å². The molecule has 5 aliphatic heterocycles. The molecule has 5 aromatic heterocycles. The van der Waals surface area contributed by atoms with E-state index in [4.69, 9.17) is 80.2 Å². The Hall–Kier alpha value is -11.9. The fraction of sp³-hybridized carbons (Fsp3) is 0.500. The molecule has 150 heavy (non-hydrogen) atoms. The number of amides is 5. The number of aliphatic hydroxyl groups is 14. The molecular formula is C98H123ClFN18O31S+. The van der Waals surface area contributed by atoms with E-state index >= 15 is 0 Å². The molecule has 0 aliphatic carbocycles. The second-order valence-electron chi connectivity index (χ2n) is 37.7. The molecule has 23 N–H and O–H groups in total. The number of halogens is 2. The van der Waals surface area contributed by atoms with Crippen molar-refractivity contribution in [3.63, 3.8) is 0 Å². The first-order valence-corrected chi connectivity index (χ1v) is 49.6. The lowest BCUT2D eigenvalue weighted by molar-refractivity contribution is -0.926. The van der Waals surface area contributed by atoms with Crippen LogP contribution in [0, 0.1) is 18.7 Å². The Balaban J connectivity index is 0.616. The number of hydrogen-bond donors (Lipinski definition) is 21. The molecule has 810 valence electrons. The minimum atomic E-state index is -1.91. The largest absolute Gasteiger partial charge is 0.496 e. The van der Waals surface area contributed by atoms with Crippen molar-refractivity contribution in [2.45, 2.75) is 220 Å². The quantitative estimate of drug-likeness (QED) is 0.0155. The number of piperazine rings is 1. The van der Waals surface area contributed by atoms with Gasteiger partial charge in [0.1, 0.15) is 169 Å². The molecule has 0 spiro atoms. The molecule has 24 atom stereocenters. The first-order chi connectivity index (χ1) is 72.0. The molecule has 10 heterocycles. The number of carbonyl (C=O) groups excluding carboxylic acids is 4. The second kappa shape index (κ2) is 50.6. The van der Waals surface area contributed by atoms with Crippen LogP contribution in [0.5, 0.6) is 23.1 Å². The number of thiophene rings is 1. The van der Waals surface area contributed by atoms with Crippen LogP contribution in [0.25, 0.3) is 43.2 Å². The number of rotatable bonds is 45. The van der Waals surface area contributed by atoms with Crippen molar-refractivity contribution in [2.75, 3.05) is 91.8 Å². The van der Waals surface area contributed by atoms with Crippen LogP contribution in [-0.4, -0.2) is 387 Å². The molecule has 49 nitrogen and oxygen atoms in total. The second-order valence-corrected chi connectivity index (χ2v) is 39.1. The number of aromatic nitrogens is 10. The SMILES string of the molecule is COc1ccccc1-c1nccc(COc2ccccc2C[C@@H](Oc2ncnc3sc(-c4ccc(F)cc4)c(-c4ccc(OCCN5CC[N+](C)(Cc6ccc(NC(=O)[C@H](CCCNC(N)=O)NC(=O)[C@@H](NC(=O)[C@@H](N)Cc7cn([C@@H]8O[C@H](CO)[C@@H](O[C@@H]9O[C@H](CO)[C@H](O)[C@H](O)[C@H]9O)[C@H](O)[C@H]8O)nn7)C(C)C)cc6COCc6cn([C@H]7O[C@@H](CO)[C@H](O[C@H]8O[C@@H](CO)[C@@H](O)[C@@H](O)[C@@H]8O)[C@@H](O)[C@@H]7O)nn6)CC5)c(Cl)c4C)c23)C(=O)O)n1. The number of carboxylic acids is 1. The van der Waals surface area contributed by atoms with Crippen LogP contribution < -0.4 is 51.7 Å². The van der Waals surface area contributed by atoms with Crippen molar-refractivity contribution in [2.24, 2.45) is 17.4 Å². The maximum atomic E-state index is 14.9. The number of aliphatic hydroxyl groups excluding tert-OH is 14. The average molecular weight is 2140 g/mol. The van der Waals surface area contributed by atoms with Gasteiger partial charge in [-0.25, -0.2) is 43.3 Å². The number of urea groups is 1. The molecule has 0 radical (unpaired) electrons. The third kappa shape index (κ3) is 26.3. The summed E-state index contributed by atoms with van der Waals surface area (Å²) in [5.41, 5.74) is 17.8. The first-order valence-electron chi connectivity index (χ1n) is 48.4. The highest BCUT2D eigenvalue weighted by molar-refractivity contribution is 7.22. The number of fused-ring (bicyclic) bond motifs is 1.